The third-order valence-corrected chi connectivity index (χ3v) is 4.75. The minimum atomic E-state index is -0.430. The zero-order chi connectivity index (χ0) is 20.1. The molecule has 1 aliphatic rings. The summed E-state index contributed by atoms with van der Waals surface area (Å²) in [6.45, 7) is 4.77. The number of carbonyl (C=O) groups excluding carboxylic acids is 3. The molecule has 0 unspecified atom stereocenters. The van der Waals surface area contributed by atoms with E-state index in [1.807, 2.05) is 13.8 Å². The van der Waals surface area contributed by atoms with E-state index >= 15 is 0 Å². The van der Waals surface area contributed by atoms with Gasteiger partial charge < -0.3 is 9.47 Å². The van der Waals surface area contributed by atoms with E-state index in [0.29, 0.717) is 35.5 Å². The first-order chi connectivity index (χ1) is 13.6. The van der Waals surface area contributed by atoms with Gasteiger partial charge in [0.05, 0.1) is 24.3 Å². The molecule has 1 aliphatic carbocycles. The third kappa shape index (κ3) is 3.98. The van der Waals surface area contributed by atoms with Crippen molar-refractivity contribution < 1.29 is 23.9 Å². The molecule has 0 aromatic heterocycles. The minimum Gasteiger partial charge on any atom is -0.462 e. The summed E-state index contributed by atoms with van der Waals surface area (Å²) in [5.74, 6) is -1.06. The number of carbonyl (C=O) groups is 3. The second-order valence-electron chi connectivity index (χ2n) is 6.83. The van der Waals surface area contributed by atoms with Gasteiger partial charge in [-0.3, -0.25) is 4.79 Å². The van der Waals surface area contributed by atoms with Crippen LogP contribution in [0, 0.1) is 0 Å². The fourth-order valence-corrected chi connectivity index (χ4v) is 3.12. The molecule has 28 heavy (non-hydrogen) atoms. The molecule has 0 saturated carbocycles. The van der Waals surface area contributed by atoms with E-state index in [-0.39, 0.29) is 5.78 Å². The van der Waals surface area contributed by atoms with E-state index in [1.165, 1.54) is 0 Å². The Hall–Kier alpha value is -2.95. The normalized spacial score (nSPS) is 11.7. The Morgan fingerprint density at radius 3 is 1.54 bits per heavy atom. The molecule has 0 fully saturated rings. The van der Waals surface area contributed by atoms with Gasteiger partial charge in [0, 0.05) is 11.1 Å². The van der Waals surface area contributed by atoms with Crippen molar-refractivity contribution in [3.05, 3.63) is 58.7 Å². The van der Waals surface area contributed by atoms with Gasteiger partial charge in [0.2, 0.25) is 0 Å². The van der Waals surface area contributed by atoms with Crippen molar-refractivity contribution in [1.82, 2.24) is 0 Å². The van der Waals surface area contributed by atoms with Gasteiger partial charge in [-0.1, -0.05) is 38.8 Å². The molecule has 0 saturated heterocycles. The van der Waals surface area contributed by atoms with Gasteiger partial charge in [0.1, 0.15) is 0 Å². The van der Waals surface area contributed by atoms with Crippen molar-refractivity contribution in [1.29, 1.82) is 0 Å². The number of unbranched alkanes of at least 4 members (excludes halogenated alkanes) is 2. The van der Waals surface area contributed by atoms with Crippen LogP contribution >= 0.6 is 0 Å². The van der Waals surface area contributed by atoms with Gasteiger partial charge in [-0.05, 0) is 48.2 Å². The average molecular weight is 380 g/mol. The Bertz CT molecular complexity index is 840. The van der Waals surface area contributed by atoms with E-state index in [0.717, 1.165) is 36.8 Å². The lowest BCUT2D eigenvalue weighted by Crippen LogP contribution is -2.08. The van der Waals surface area contributed by atoms with Crippen molar-refractivity contribution in [2.24, 2.45) is 0 Å². The van der Waals surface area contributed by atoms with Crippen molar-refractivity contribution in [2.45, 2.75) is 39.5 Å². The molecular weight excluding hydrogens is 356 g/mol. The summed E-state index contributed by atoms with van der Waals surface area (Å²) < 4.78 is 10.5. The van der Waals surface area contributed by atoms with E-state index in [9.17, 15) is 14.4 Å². The second kappa shape index (κ2) is 8.83. The summed E-state index contributed by atoms with van der Waals surface area (Å²) in [5.41, 5.74) is 3.14. The van der Waals surface area contributed by atoms with Crippen molar-refractivity contribution in [3.8, 4) is 11.1 Å². The molecule has 0 radical (unpaired) electrons. The SMILES string of the molecule is CCCCOC(=O)c1ccc2c(c1)C(=O)c1cc(C(=O)OCCCC)ccc1-2. The fraction of sp³-hybridized carbons (Fsp3) is 0.348. The topological polar surface area (TPSA) is 69.7 Å². The number of benzene rings is 2. The molecule has 2 aromatic rings. The Morgan fingerprint density at radius 1 is 0.714 bits per heavy atom. The second-order valence-corrected chi connectivity index (χ2v) is 6.83. The monoisotopic (exact) mass is 380 g/mol. The Labute approximate surface area is 164 Å². The molecule has 0 amide bonds. The van der Waals surface area contributed by atoms with Crippen LogP contribution in [0.4, 0.5) is 0 Å². The number of esters is 2. The Kier molecular flexibility index (Phi) is 6.24. The van der Waals surface area contributed by atoms with Crippen molar-refractivity contribution >= 4 is 17.7 Å². The predicted octanol–water partition coefficient (Wildman–Crippen LogP) is 4.81. The van der Waals surface area contributed by atoms with E-state index in [4.69, 9.17) is 9.47 Å². The zero-order valence-electron chi connectivity index (χ0n) is 16.2. The summed E-state index contributed by atoms with van der Waals surface area (Å²) in [7, 11) is 0. The lowest BCUT2D eigenvalue weighted by molar-refractivity contribution is 0.0490. The van der Waals surface area contributed by atoms with Crippen LogP contribution in [-0.2, 0) is 9.47 Å². The highest BCUT2D eigenvalue weighted by atomic mass is 16.5. The molecular formula is C23H24O5. The van der Waals surface area contributed by atoms with Gasteiger partial charge in [-0.25, -0.2) is 9.59 Å². The molecule has 5 heteroatoms. The zero-order valence-corrected chi connectivity index (χ0v) is 16.2. The van der Waals surface area contributed by atoms with Crippen molar-refractivity contribution in [2.75, 3.05) is 13.2 Å². The molecule has 0 aliphatic heterocycles. The smallest absolute Gasteiger partial charge is 0.338 e. The quantitative estimate of drug-likeness (QED) is 0.414. The summed E-state index contributed by atoms with van der Waals surface area (Å²) in [6.07, 6.45) is 3.49. The van der Waals surface area contributed by atoms with Crippen LogP contribution in [0.5, 0.6) is 0 Å². The number of hydrogen-bond donors (Lipinski definition) is 0. The van der Waals surface area contributed by atoms with Crippen LogP contribution in [0.1, 0.15) is 76.2 Å². The summed E-state index contributed by atoms with van der Waals surface area (Å²) in [6, 6.07) is 10.0. The van der Waals surface area contributed by atoms with Crippen LogP contribution in [0.2, 0.25) is 0 Å². The lowest BCUT2D eigenvalue weighted by atomic mass is 10.0. The Morgan fingerprint density at radius 2 is 1.14 bits per heavy atom. The van der Waals surface area contributed by atoms with Gasteiger partial charge in [0.15, 0.2) is 5.78 Å². The van der Waals surface area contributed by atoms with E-state index in [2.05, 4.69) is 0 Å². The summed E-state index contributed by atoms with van der Waals surface area (Å²) in [4.78, 5) is 37.2. The highest BCUT2D eigenvalue weighted by molar-refractivity contribution is 6.22. The standard InChI is InChI=1S/C23H24O5/c1-3-5-11-27-22(25)15-7-9-17-18-10-8-16(23(26)28-12-6-4-2)14-20(18)21(24)19(17)13-15/h7-10,13-14H,3-6,11-12H2,1-2H3. The van der Waals surface area contributed by atoms with Gasteiger partial charge in [-0.15, -0.1) is 0 Å². The average Bonchev–Trinajstić information content (AvgIpc) is 2.99. The van der Waals surface area contributed by atoms with Crippen molar-refractivity contribution in [3.63, 3.8) is 0 Å². The highest BCUT2D eigenvalue weighted by Gasteiger charge is 2.29. The molecule has 2 aromatic carbocycles. The number of fused-ring (bicyclic) bond motifs is 3. The van der Waals surface area contributed by atoms with Crippen LogP contribution < -0.4 is 0 Å². The van der Waals surface area contributed by atoms with E-state index < -0.39 is 11.9 Å². The molecule has 0 N–H and O–H groups in total. The molecule has 0 heterocycles. The van der Waals surface area contributed by atoms with Gasteiger partial charge in [0.25, 0.3) is 0 Å². The summed E-state index contributed by atoms with van der Waals surface area (Å²) >= 11 is 0. The molecule has 0 bridgehead atoms. The predicted molar refractivity (Wildman–Crippen MR) is 106 cm³/mol. The first kappa shape index (κ1) is 19.8. The number of ether oxygens (including phenoxy) is 2. The van der Waals surface area contributed by atoms with Gasteiger partial charge >= 0.3 is 11.9 Å². The molecule has 3 rings (SSSR count). The van der Waals surface area contributed by atoms with Crippen LogP contribution in [0.25, 0.3) is 11.1 Å². The largest absolute Gasteiger partial charge is 0.462 e. The van der Waals surface area contributed by atoms with Crippen LogP contribution in [-0.4, -0.2) is 30.9 Å². The molecule has 5 nitrogen and oxygen atoms in total. The van der Waals surface area contributed by atoms with Gasteiger partial charge in [-0.2, -0.15) is 0 Å². The Balaban J connectivity index is 1.81. The maximum absolute atomic E-state index is 12.9. The van der Waals surface area contributed by atoms with Crippen LogP contribution in [0.15, 0.2) is 36.4 Å². The summed E-state index contributed by atoms with van der Waals surface area (Å²) in [5, 5.41) is 0. The number of hydrogen-bond acceptors (Lipinski definition) is 5. The lowest BCUT2D eigenvalue weighted by Gasteiger charge is -2.06. The molecule has 146 valence electrons. The maximum atomic E-state index is 12.9. The molecule has 0 spiro atoms. The molecule has 0 atom stereocenters. The maximum Gasteiger partial charge on any atom is 0.338 e. The first-order valence-corrected chi connectivity index (χ1v) is 9.74. The third-order valence-electron chi connectivity index (χ3n) is 4.75. The fourth-order valence-electron chi connectivity index (χ4n) is 3.12. The van der Waals surface area contributed by atoms with E-state index in [1.54, 1.807) is 36.4 Å². The number of ketones is 1. The minimum absolute atomic E-state index is 0.198. The highest BCUT2D eigenvalue weighted by Crippen LogP contribution is 2.37. The number of rotatable bonds is 8. The van der Waals surface area contributed by atoms with Crippen LogP contribution in [0.3, 0.4) is 0 Å². The first-order valence-electron chi connectivity index (χ1n) is 9.74.